The summed E-state index contributed by atoms with van der Waals surface area (Å²) in [5, 5.41) is 10.3. The molecule has 0 aliphatic heterocycles. The van der Waals surface area contributed by atoms with Crippen LogP contribution in [0.5, 0.6) is 0 Å². The topological polar surface area (TPSA) is 34.4 Å². The Morgan fingerprint density at radius 3 is 2.84 bits per heavy atom. The summed E-state index contributed by atoms with van der Waals surface area (Å²) in [6.45, 7) is 4.51. The molecule has 1 aromatic heterocycles. The summed E-state index contributed by atoms with van der Waals surface area (Å²) in [5.74, 6) is 0. The molecule has 1 fully saturated rings. The number of rotatable bonds is 2. The Bertz CT molecular complexity index is 463. The third-order valence-electron chi connectivity index (χ3n) is 4.89. The van der Waals surface area contributed by atoms with Crippen molar-refractivity contribution in [2.24, 2.45) is 5.41 Å². The first-order valence-corrected chi connectivity index (χ1v) is 7.40. The molecule has 0 saturated heterocycles. The molecule has 1 N–H and O–H groups in total. The van der Waals surface area contributed by atoms with Crippen molar-refractivity contribution in [1.82, 2.24) is 4.57 Å². The van der Waals surface area contributed by atoms with E-state index in [9.17, 15) is 5.11 Å². The van der Waals surface area contributed by atoms with E-state index >= 15 is 0 Å². The lowest BCUT2D eigenvalue weighted by molar-refractivity contribution is 0.0959. The van der Waals surface area contributed by atoms with Gasteiger partial charge >= 0.3 is 0 Å². The van der Waals surface area contributed by atoms with Crippen LogP contribution in [0.2, 0.25) is 0 Å². The van der Waals surface area contributed by atoms with E-state index < -0.39 is 0 Å². The minimum absolute atomic E-state index is 0.196. The highest BCUT2D eigenvalue weighted by molar-refractivity contribution is 5.30. The van der Waals surface area contributed by atoms with Crippen LogP contribution in [0, 0.1) is 5.41 Å². The lowest BCUT2D eigenvalue weighted by atomic mass is 9.75. The fourth-order valence-electron chi connectivity index (χ4n) is 3.88. The van der Waals surface area contributed by atoms with E-state index in [1.165, 1.54) is 12.1 Å². The second-order valence-electron chi connectivity index (χ2n) is 7.01. The van der Waals surface area contributed by atoms with Gasteiger partial charge in [-0.3, -0.25) is 0 Å². The lowest BCUT2D eigenvalue weighted by Crippen LogP contribution is -2.27. The third kappa shape index (κ3) is 2.34. The number of ether oxygens (including phenoxy) is 1. The van der Waals surface area contributed by atoms with E-state index in [1.807, 2.05) is 7.11 Å². The largest absolute Gasteiger partial charge is 0.388 e. The Balaban J connectivity index is 1.89. The van der Waals surface area contributed by atoms with Gasteiger partial charge in [0.25, 0.3) is 0 Å². The SMILES string of the molecule is COC1CCC(n2ccc3c2CC(C)(C)CC3O)C1. The molecule has 3 rings (SSSR count). The van der Waals surface area contributed by atoms with E-state index in [4.69, 9.17) is 4.74 Å². The van der Waals surface area contributed by atoms with Gasteiger partial charge in [-0.15, -0.1) is 0 Å². The first-order chi connectivity index (χ1) is 9.00. The second kappa shape index (κ2) is 4.64. The molecular formula is C16H25NO2. The van der Waals surface area contributed by atoms with Crippen LogP contribution in [0.4, 0.5) is 0 Å². The van der Waals surface area contributed by atoms with Crippen LogP contribution in [-0.4, -0.2) is 22.9 Å². The highest BCUT2D eigenvalue weighted by Gasteiger charge is 2.35. The maximum atomic E-state index is 10.3. The summed E-state index contributed by atoms with van der Waals surface area (Å²) < 4.78 is 7.90. The van der Waals surface area contributed by atoms with Crippen molar-refractivity contribution in [3.8, 4) is 0 Å². The molecule has 0 amide bonds. The Kier molecular flexibility index (Phi) is 3.22. The van der Waals surface area contributed by atoms with Gasteiger partial charge in [0.15, 0.2) is 0 Å². The van der Waals surface area contributed by atoms with Crippen LogP contribution < -0.4 is 0 Å². The van der Waals surface area contributed by atoms with Gasteiger partial charge in [-0.25, -0.2) is 0 Å². The molecule has 19 heavy (non-hydrogen) atoms. The fourth-order valence-corrected chi connectivity index (χ4v) is 3.88. The molecule has 3 unspecified atom stereocenters. The van der Waals surface area contributed by atoms with Gasteiger partial charge in [0.05, 0.1) is 12.2 Å². The summed E-state index contributed by atoms with van der Waals surface area (Å²) in [6.07, 6.45) is 7.68. The zero-order valence-corrected chi connectivity index (χ0v) is 12.2. The zero-order chi connectivity index (χ0) is 13.6. The van der Waals surface area contributed by atoms with Crippen molar-refractivity contribution < 1.29 is 9.84 Å². The fraction of sp³-hybridized carbons (Fsp3) is 0.750. The molecule has 0 spiro atoms. The maximum absolute atomic E-state index is 10.3. The van der Waals surface area contributed by atoms with Gasteiger partial charge < -0.3 is 14.4 Å². The predicted molar refractivity (Wildman–Crippen MR) is 75.2 cm³/mol. The summed E-state index contributed by atoms with van der Waals surface area (Å²) >= 11 is 0. The normalized spacial score (nSPS) is 33.4. The number of aromatic nitrogens is 1. The quantitative estimate of drug-likeness (QED) is 0.889. The van der Waals surface area contributed by atoms with Crippen LogP contribution >= 0.6 is 0 Å². The van der Waals surface area contributed by atoms with Gasteiger partial charge in [0.2, 0.25) is 0 Å². The molecule has 106 valence electrons. The highest BCUT2D eigenvalue weighted by Crippen LogP contribution is 2.43. The number of methoxy groups -OCH3 is 1. The molecule has 2 aliphatic carbocycles. The molecule has 0 radical (unpaired) electrons. The third-order valence-corrected chi connectivity index (χ3v) is 4.89. The van der Waals surface area contributed by atoms with E-state index in [2.05, 4.69) is 30.7 Å². The van der Waals surface area contributed by atoms with Gasteiger partial charge in [-0.1, -0.05) is 13.8 Å². The molecule has 0 bridgehead atoms. The monoisotopic (exact) mass is 263 g/mol. The minimum Gasteiger partial charge on any atom is -0.388 e. The van der Waals surface area contributed by atoms with E-state index in [1.54, 1.807) is 0 Å². The van der Waals surface area contributed by atoms with Crippen LogP contribution in [-0.2, 0) is 11.2 Å². The molecule has 1 heterocycles. The lowest BCUT2D eigenvalue weighted by Gasteiger charge is -2.34. The second-order valence-corrected chi connectivity index (χ2v) is 7.01. The Hall–Kier alpha value is -0.800. The Morgan fingerprint density at radius 2 is 2.16 bits per heavy atom. The number of nitrogens with zero attached hydrogens (tertiary/aromatic N) is 1. The number of hydrogen-bond donors (Lipinski definition) is 1. The van der Waals surface area contributed by atoms with Crippen LogP contribution in [0.1, 0.15) is 62.9 Å². The van der Waals surface area contributed by atoms with Crippen LogP contribution in [0.3, 0.4) is 0 Å². The van der Waals surface area contributed by atoms with Gasteiger partial charge in [0, 0.05) is 30.6 Å². The molecule has 3 nitrogen and oxygen atoms in total. The number of aliphatic hydroxyl groups excluding tert-OH is 1. The van der Waals surface area contributed by atoms with Gasteiger partial charge in [-0.05, 0) is 43.6 Å². The zero-order valence-electron chi connectivity index (χ0n) is 12.2. The van der Waals surface area contributed by atoms with Crippen molar-refractivity contribution in [2.75, 3.05) is 7.11 Å². The molecule has 2 aliphatic rings. The van der Waals surface area contributed by atoms with Crippen LogP contribution in [0.25, 0.3) is 0 Å². The van der Waals surface area contributed by atoms with Crippen molar-refractivity contribution in [1.29, 1.82) is 0 Å². The molecule has 3 atom stereocenters. The Morgan fingerprint density at radius 1 is 1.37 bits per heavy atom. The molecule has 0 aromatic carbocycles. The first kappa shape index (κ1) is 13.2. The Labute approximate surface area is 115 Å². The summed E-state index contributed by atoms with van der Waals surface area (Å²) in [5.41, 5.74) is 2.70. The summed E-state index contributed by atoms with van der Waals surface area (Å²) in [4.78, 5) is 0. The maximum Gasteiger partial charge on any atom is 0.0812 e. The van der Waals surface area contributed by atoms with E-state index in [-0.39, 0.29) is 11.5 Å². The summed E-state index contributed by atoms with van der Waals surface area (Å²) in [6, 6.07) is 2.67. The van der Waals surface area contributed by atoms with E-state index in [0.717, 1.165) is 31.2 Å². The van der Waals surface area contributed by atoms with Crippen LogP contribution in [0.15, 0.2) is 12.3 Å². The number of aliphatic hydroxyl groups is 1. The van der Waals surface area contributed by atoms with Crippen molar-refractivity contribution >= 4 is 0 Å². The molecular weight excluding hydrogens is 238 g/mol. The number of hydrogen-bond acceptors (Lipinski definition) is 2. The highest BCUT2D eigenvalue weighted by atomic mass is 16.5. The minimum atomic E-state index is -0.292. The molecule has 3 heteroatoms. The van der Waals surface area contributed by atoms with Gasteiger partial charge in [0.1, 0.15) is 0 Å². The van der Waals surface area contributed by atoms with Crippen molar-refractivity contribution in [3.63, 3.8) is 0 Å². The average Bonchev–Trinajstić information content (AvgIpc) is 2.92. The van der Waals surface area contributed by atoms with Gasteiger partial charge in [-0.2, -0.15) is 0 Å². The summed E-state index contributed by atoms with van der Waals surface area (Å²) in [7, 11) is 1.81. The molecule has 1 saturated carbocycles. The average molecular weight is 263 g/mol. The smallest absolute Gasteiger partial charge is 0.0812 e. The van der Waals surface area contributed by atoms with E-state index in [0.29, 0.717) is 12.1 Å². The predicted octanol–water partition coefficient (Wildman–Crippen LogP) is 3.23. The first-order valence-electron chi connectivity index (χ1n) is 7.40. The molecule has 1 aromatic rings. The van der Waals surface area contributed by atoms with Crippen molar-refractivity contribution in [2.45, 2.75) is 64.2 Å². The standard InChI is InChI=1S/C16H25NO2/c1-16(2)9-14-13(15(18)10-16)6-7-17(14)11-4-5-12(8-11)19-3/h6-7,11-12,15,18H,4-5,8-10H2,1-3H3. The van der Waals surface area contributed by atoms with Crippen molar-refractivity contribution in [3.05, 3.63) is 23.5 Å². The number of fused-ring (bicyclic) bond motifs is 1.